The van der Waals surface area contributed by atoms with Gasteiger partial charge >= 0.3 is 0 Å². The van der Waals surface area contributed by atoms with Crippen LogP contribution in [0.3, 0.4) is 0 Å². The average molecular weight is 245 g/mol. The Hall–Kier alpha value is -1.80. The number of hydrogen-bond acceptors (Lipinski definition) is 6. The normalized spacial score (nSPS) is 11.5. The Morgan fingerprint density at radius 1 is 1.06 bits per heavy atom. The van der Waals surface area contributed by atoms with E-state index in [4.69, 9.17) is 0 Å². The van der Waals surface area contributed by atoms with Gasteiger partial charge in [-0.3, -0.25) is 29.8 Å². The van der Waals surface area contributed by atoms with Gasteiger partial charge in [-0.05, 0) is 0 Å². The Balaban J connectivity index is 4.41. The maximum absolute atomic E-state index is 11.4. The third-order valence-corrected chi connectivity index (χ3v) is 1.58. The number of hydrogen-bond donors (Lipinski definition) is 3. The molecule has 8 heteroatoms. The first kappa shape index (κ1) is 15.2. The van der Waals surface area contributed by atoms with E-state index < -0.39 is 29.7 Å². The molecule has 0 aromatic carbocycles. The second-order valence-corrected chi connectivity index (χ2v) is 3.23. The Kier molecular flexibility index (Phi) is 6.68. The SMILES string of the molecule is CONC(CC(=O)NC(C)=O)C(=O)NC(C)=O. The van der Waals surface area contributed by atoms with E-state index in [1.54, 1.807) is 0 Å². The number of amides is 4. The van der Waals surface area contributed by atoms with Crippen LogP contribution in [0.25, 0.3) is 0 Å². The van der Waals surface area contributed by atoms with Crippen molar-refractivity contribution in [2.45, 2.75) is 26.3 Å². The van der Waals surface area contributed by atoms with E-state index in [9.17, 15) is 19.2 Å². The van der Waals surface area contributed by atoms with E-state index in [1.165, 1.54) is 14.0 Å². The van der Waals surface area contributed by atoms with Gasteiger partial charge in [0.05, 0.1) is 13.5 Å². The number of rotatable bonds is 5. The number of hydroxylamine groups is 1. The number of nitrogens with one attached hydrogen (secondary N) is 3. The van der Waals surface area contributed by atoms with E-state index in [0.717, 1.165) is 6.92 Å². The van der Waals surface area contributed by atoms with E-state index in [1.807, 2.05) is 10.6 Å². The minimum atomic E-state index is -1.05. The fourth-order valence-electron chi connectivity index (χ4n) is 1.02. The molecule has 96 valence electrons. The molecule has 1 atom stereocenters. The van der Waals surface area contributed by atoms with Crippen molar-refractivity contribution in [3.05, 3.63) is 0 Å². The Bertz CT molecular complexity index is 329. The zero-order valence-corrected chi connectivity index (χ0v) is 9.83. The molecule has 0 aliphatic heterocycles. The summed E-state index contributed by atoms with van der Waals surface area (Å²) in [6, 6.07) is -1.05. The number of carbonyl (C=O) groups excluding carboxylic acids is 4. The largest absolute Gasteiger partial charge is 0.304 e. The fraction of sp³-hybridized carbons (Fsp3) is 0.556. The summed E-state index contributed by atoms with van der Waals surface area (Å²) < 4.78 is 0. The second-order valence-electron chi connectivity index (χ2n) is 3.23. The molecule has 0 saturated carbocycles. The summed E-state index contributed by atoms with van der Waals surface area (Å²) in [4.78, 5) is 48.5. The third-order valence-electron chi connectivity index (χ3n) is 1.58. The van der Waals surface area contributed by atoms with Gasteiger partial charge in [0.2, 0.25) is 23.6 Å². The van der Waals surface area contributed by atoms with Crippen molar-refractivity contribution in [2.24, 2.45) is 0 Å². The minimum Gasteiger partial charge on any atom is -0.304 e. The van der Waals surface area contributed by atoms with Crippen molar-refractivity contribution in [3.63, 3.8) is 0 Å². The van der Waals surface area contributed by atoms with Crippen molar-refractivity contribution in [1.82, 2.24) is 16.1 Å². The standard InChI is InChI=1S/C9H15N3O5/c1-5(13)10-8(15)4-7(12-17-3)9(16)11-6(2)14/h7,12H,4H2,1-3H3,(H,10,13,15)(H,11,14,16). The molecule has 8 nitrogen and oxygen atoms in total. The Morgan fingerprint density at radius 2 is 1.59 bits per heavy atom. The summed E-state index contributed by atoms with van der Waals surface area (Å²) in [6.45, 7) is 2.34. The van der Waals surface area contributed by atoms with Crippen molar-refractivity contribution in [3.8, 4) is 0 Å². The molecule has 0 aromatic heterocycles. The summed E-state index contributed by atoms with van der Waals surface area (Å²) in [5.41, 5.74) is 2.26. The lowest BCUT2D eigenvalue weighted by Crippen LogP contribution is -2.48. The van der Waals surface area contributed by atoms with Crippen LogP contribution in [-0.2, 0) is 24.0 Å². The molecule has 0 fully saturated rings. The molecule has 1 unspecified atom stereocenters. The van der Waals surface area contributed by atoms with Gasteiger partial charge in [-0.2, -0.15) is 5.48 Å². The van der Waals surface area contributed by atoms with Crippen LogP contribution in [0.15, 0.2) is 0 Å². The fourth-order valence-corrected chi connectivity index (χ4v) is 1.02. The summed E-state index contributed by atoms with van der Waals surface area (Å²) in [7, 11) is 1.26. The number of imide groups is 2. The van der Waals surface area contributed by atoms with Crippen molar-refractivity contribution >= 4 is 23.6 Å². The molecule has 0 aromatic rings. The molecule has 0 saturated heterocycles. The maximum Gasteiger partial charge on any atom is 0.246 e. The first-order valence-corrected chi connectivity index (χ1v) is 4.77. The molecule has 0 heterocycles. The van der Waals surface area contributed by atoms with Crippen LogP contribution in [-0.4, -0.2) is 36.8 Å². The molecule has 0 radical (unpaired) electrons. The third kappa shape index (κ3) is 7.14. The van der Waals surface area contributed by atoms with E-state index in [2.05, 4.69) is 10.3 Å². The smallest absolute Gasteiger partial charge is 0.246 e. The molecule has 0 rings (SSSR count). The predicted octanol–water partition coefficient (Wildman–Crippen LogP) is -1.78. The molecule has 0 bridgehead atoms. The molecule has 17 heavy (non-hydrogen) atoms. The zero-order chi connectivity index (χ0) is 13.4. The molecule has 0 aliphatic carbocycles. The van der Waals surface area contributed by atoms with Crippen LogP contribution in [0.2, 0.25) is 0 Å². The van der Waals surface area contributed by atoms with Crippen LogP contribution in [0, 0.1) is 0 Å². The second kappa shape index (κ2) is 7.47. The van der Waals surface area contributed by atoms with Gasteiger partial charge in [0.1, 0.15) is 6.04 Å². The highest BCUT2D eigenvalue weighted by atomic mass is 16.6. The lowest BCUT2D eigenvalue weighted by atomic mass is 10.2. The summed E-state index contributed by atoms with van der Waals surface area (Å²) in [5.74, 6) is -2.44. The quantitative estimate of drug-likeness (QED) is 0.493. The van der Waals surface area contributed by atoms with E-state index in [0.29, 0.717) is 0 Å². The van der Waals surface area contributed by atoms with Crippen molar-refractivity contribution < 1.29 is 24.0 Å². The molecular formula is C9H15N3O5. The molecule has 3 N–H and O–H groups in total. The topological polar surface area (TPSA) is 114 Å². The van der Waals surface area contributed by atoms with E-state index >= 15 is 0 Å². The summed E-state index contributed by atoms with van der Waals surface area (Å²) in [6.07, 6.45) is -0.327. The predicted molar refractivity (Wildman–Crippen MR) is 56.2 cm³/mol. The first-order valence-electron chi connectivity index (χ1n) is 4.77. The summed E-state index contributed by atoms with van der Waals surface area (Å²) >= 11 is 0. The zero-order valence-electron chi connectivity index (χ0n) is 9.83. The van der Waals surface area contributed by atoms with Gasteiger partial charge in [-0.15, -0.1) is 0 Å². The lowest BCUT2D eigenvalue weighted by molar-refractivity contribution is -0.137. The van der Waals surface area contributed by atoms with E-state index in [-0.39, 0.29) is 6.42 Å². The van der Waals surface area contributed by atoms with Crippen LogP contribution in [0.4, 0.5) is 0 Å². The molecule has 4 amide bonds. The van der Waals surface area contributed by atoms with Gasteiger partial charge in [-0.1, -0.05) is 0 Å². The van der Waals surface area contributed by atoms with Gasteiger partial charge in [0.25, 0.3) is 0 Å². The van der Waals surface area contributed by atoms with Crippen LogP contribution >= 0.6 is 0 Å². The summed E-state index contributed by atoms with van der Waals surface area (Å²) in [5, 5.41) is 4.00. The highest BCUT2D eigenvalue weighted by Crippen LogP contribution is 1.93. The molecular weight excluding hydrogens is 230 g/mol. The van der Waals surface area contributed by atoms with Crippen LogP contribution in [0.1, 0.15) is 20.3 Å². The van der Waals surface area contributed by atoms with Crippen LogP contribution in [0.5, 0.6) is 0 Å². The van der Waals surface area contributed by atoms with Gasteiger partial charge in [0.15, 0.2) is 0 Å². The molecule has 0 spiro atoms. The maximum atomic E-state index is 11.4. The van der Waals surface area contributed by atoms with Crippen LogP contribution < -0.4 is 16.1 Å². The minimum absolute atomic E-state index is 0.327. The monoisotopic (exact) mass is 245 g/mol. The van der Waals surface area contributed by atoms with Gasteiger partial charge in [0, 0.05) is 13.8 Å². The Morgan fingerprint density at radius 3 is 2.00 bits per heavy atom. The van der Waals surface area contributed by atoms with Crippen molar-refractivity contribution in [2.75, 3.05) is 7.11 Å². The van der Waals surface area contributed by atoms with Crippen molar-refractivity contribution in [1.29, 1.82) is 0 Å². The molecule has 0 aliphatic rings. The number of carbonyl (C=O) groups is 4. The van der Waals surface area contributed by atoms with Gasteiger partial charge in [-0.25, -0.2) is 0 Å². The first-order chi connectivity index (χ1) is 7.86. The highest BCUT2D eigenvalue weighted by Gasteiger charge is 2.22. The lowest BCUT2D eigenvalue weighted by Gasteiger charge is -2.14. The average Bonchev–Trinajstić information content (AvgIpc) is 2.14. The highest BCUT2D eigenvalue weighted by molar-refractivity contribution is 6.00. The Labute approximate surface area is 98.0 Å². The van der Waals surface area contributed by atoms with Gasteiger partial charge < -0.3 is 4.84 Å².